The predicted octanol–water partition coefficient (Wildman–Crippen LogP) is 13.2. The quantitative estimate of drug-likeness (QED) is 0.0328. The van der Waals surface area contributed by atoms with Gasteiger partial charge in [-0.2, -0.15) is 0 Å². The molecule has 6 heteroatoms. The standard InChI is InChI=1S/C47H89NO5/c1-3-5-7-9-11-13-14-15-18-21-25-29-33-37-41-47(52)53-42-38-34-30-26-22-19-16-17-20-24-28-32-36-40-46(51)48-44(43-49)45(50)39-35-31-27-23-12-10-8-6-4-2/h14-15,17,20,44-45,49-50H,3-13,16,18-19,21-43H2,1-2H3,(H,48,51)/b15-14-,20-17-. The van der Waals surface area contributed by atoms with Gasteiger partial charge in [0.1, 0.15) is 0 Å². The fourth-order valence-electron chi connectivity index (χ4n) is 6.86. The Labute approximate surface area is 329 Å². The summed E-state index contributed by atoms with van der Waals surface area (Å²) in [6.45, 7) is 4.86. The molecule has 3 N–H and O–H groups in total. The highest BCUT2D eigenvalue weighted by Crippen LogP contribution is 2.14. The van der Waals surface area contributed by atoms with Crippen molar-refractivity contribution in [3.05, 3.63) is 24.3 Å². The van der Waals surface area contributed by atoms with E-state index in [2.05, 4.69) is 43.5 Å². The Morgan fingerprint density at radius 3 is 1.36 bits per heavy atom. The Hall–Kier alpha value is -1.66. The minimum atomic E-state index is -0.678. The topological polar surface area (TPSA) is 95.9 Å². The van der Waals surface area contributed by atoms with Gasteiger partial charge in [-0.3, -0.25) is 9.59 Å². The van der Waals surface area contributed by atoms with Gasteiger partial charge in [-0.15, -0.1) is 0 Å². The lowest BCUT2D eigenvalue weighted by molar-refractivity contribution is -0.143. The van der Waals surface area contributed by atoms with Crippen molar-refractivity contribution in [1.82, 2.24) is 5.32 Å². The molecule has 0 rings (SSSR count). The first-order valence-corrected chi connectivity index (χ1v) is 23.1. The van der Waals surface area contributed by atoms with Gasteiger partial charge in [-0.1, -0.05) is 173 Å². The number of allylic oxidation sites excluding steroid dienone is 4. The van der Waals surface area contributed by atoms with E-state index in [9.17, 15) is 19.8 Å². The maximum atomic E-state index is 12.3. The SMILES string of the molecule is CCCCCCC/C=C\CCCCCCCC(=O)OCCCCCCCC/C=C\CCCCCC(=O)NC(CO)C(O)CCCCCCCCCCC. The minimum Gasteiger partial charge on any atom is -0.466 e. The van der Waals surface area contributed by atoms with Crippen molar-refractivity contribution in [1.29, 1.82) is 0 Å². The van der Waals surface area contributed by atoms with E-state index in [-0.39, 0.29) is 18.5 Å². The van der Waals surface area contributed by atoms with Gasteiger partial charge in [0.2, 0.25) is 5.91 Å². The first kappa shape index (κ1) is 51.3. The van der Waals surface area contributed by atoms with Crippen LogP contribution in [0.4, 0.5) is 0 Å². The number of rotatable bonds is 42. The second-order valence-corrected chi connectivity index (χ2v) is 15.7. The molecule has 0 aromatic carbocycles. The molecule has 0 spiro atoms. The number of unbranched alkanes of at least 4 members (excludes halogenated alkanes) is 27. The van der Waals surface area contributed by atoms with Crippen LogP contribution in [0.25, 0.3) is 0 Å². The molecule has 0 aromatic heterocycles. The number of aliphatic hydroxyl groups is 2. The van der Waals surface area contributed by atoms with Crippen LogP contribution in [0.3, 0.4) is 0 Å². The van der Waals surface area contributed by atoms with E-state index in [0.29, 0.717) is 25.9 Å². The predicted molar refractivity (Wildman–Crippen MR) is 227 cm³/mol. The van der Waals surface area contributed by atoms with Crippen molar-refractivity contribution in [2.75, 3.05) is 13.2 Å². The lowest BCUT2D eigenvalue weighted by Crippen LogP contribution is -2.45. The van der Waals surface area contributed by atoms with Crippen LogP contribution in [0.5, 0.6) is 0 Å². The van der Waals surface area contributed by atoms with Crippen LogP contribution in [-0.4, -0.2) is 47.4 Å². The molecule has 0 aliphatic carbocycles. The Bertz CT molecular complexity index is 828. The van der Waals surface area contributed by atoms with Crippen LogP contribution < -0.4 is 5.32 Å². The summed E-state index contributed by atoms with van der Waals surface area (Å²) in [4.78, 5) is 24.3. The molecule has 6 nitrogen and oxygen atoms in total. The number of amides is 1. The van der Waals surface area contributed by atoms with Gasteiger partial charge < -0.3 is 20.3 Å². The van der Waals surface area contributed by atoms with E-state index in [0.717, 1.165) is 70.6 Å². The van der Waals surface area contributed by atoms with E-state index in [1.54, 1.807) is 0 Å². The summed E-state index contributed by atoms with van der Waals surface area (Å²) >= 11 is 0. The highest BCUT2D eigenvalue weighted by atomic mass is 16.5. The number of ether oxygens (including phenoxy) is 1. The molecule has 0 aliphatic rings. The molecule has 0 aliphatic heterocycles. The van der Waals surface area contributed by atoms with E-state index < -0.39 is 12.1 Å². The molecule has 2 unspecified atom stereocenters. The van der Waals surface area contributed by atoms with Gasteiger partial charge in [-0.05, 0) is 77.0 Å². The van der Waals surface area contributed by atoms with Crippen LogP contribution in [-0.2, 0) is 14.3 Å². The minimum absolute atomic E-state index is 0.0221. The molecule has 1 amide bonds. The summed E-state index contributed by atoms with van der Waals surface area (Å²) in [5.41, 5.74) is 0. The van der Waals surface area contributed by atoms with E-state index >= 15 is 0 Å². The third-order valence-electron chi connectivity index (χ3n) is 10.5. The van der Waals surface area contributed by atoms with Gasteiger partial charge in [0.15, 0.2) is 0 Å². The molecule has 0 bridgehead atoms. The normalized spacial score (nSPS) is 12.9. The van der Waals surface area contributed by atoms with E-state index in [1.807, 2.05) is 0 Å². The Morgan fingerprint density at radius 1 is 0.509 bits per heavy atom. The zero-order valence-corrected chi connectivity index (χ0v) is 35.2. The summed E-state index contributed by atoms with van der Waals surface area (Å²) < 4.78 is 5.44. The molecule has 0 saturated heterocycles. The van der Waals surface area contributed by atoms with Gasteiger partial charge in [-0.25, -0.2) is 0 Å². The second kappa shape index (κ2) is 43.1. The maximum absolute atomic E-state index is 12.3. The highest BCUT2D eigenvalue weighted by Gasteiger charge is 2.20. The lowest BCUT2D eigenvalue weighted by Gasteiger charge is -2.22. The number of esters is 1. The van der Waals surface area contributed by atoms with E-state index in [4.69, 9.17) is 4.74 Å². The number of carbonyl (C=O) groups is 2. The molecular formula is C47H89NO5. The van der Waals surface area contributed by atoms with Gasteiger partial charge in [0.25, 0.3) is 0 Å². The average molecular weight is 748 g/mol. The summed E-state index contributed by atoms with van der Waals surface area (Å²) in [6.07, 6.45) is 48.5. The van der Waals surface area contributed by atoms with Crippen molar-refractivity contribution in [2.45, 2.75) is 251 Å². The fraction of sp³-hybridized carbons (Fsp3) is 0.872. The second-order valence-electron chi connectivity index (χ2n) is 15.7. The van der Waals surface area contributed by atoms with Crippen molar-refractivity contribution in [3.63, 3.8) is 0 Å². The number of aliphatic hydroxyl groups excluding tert-OH is 2. The van der Waals surface area contributed by atoms with E-state index in [1.165, 1.54) is 135 Å². The van der Waals surface area contributed by atoms with Crippen molar-refractivity contribution < 1.29 is 24.5 Å². The molecule has 0 heterocycles. The number of nitrogens with one attached hydrogen (secondary N) is 1. The van der Waals surface area contributed by atoms with Gasteiger partial charge in [0, 0.05) is 12.8 Å². The molecule has 53 heavy (non-hydrogen) atoms. The zero-order valence-electron chi connectivity index (χ0n) is 35.2. The largest absolute Gasteiger partial charge is 0.466 e. The number of hydrogen-bond donors (Lipinski definition) is 3. The van der Waals surface area contributed by atoms with Crippen LogP contribution >= 0.6 is 0 Å². The molecule has 0 fully saturated rings. The summed E-state index contributed by atoms with van der Waals surface area (Å²) in [6, 6.07) is -0.559. The highest BCUT2D eigenvalue weighted by molar-refractivity contribution is 5.76. The Morgan fingerprint density at radius 2 is 0.887 bits per heavy atom. The maximum Gasteiger partial charge on any atom is 0.305 e. The van der Waals surface area contributed by atoms with Crippen molar-refractivity contribution in [2.24, 2.45) is 0 Å². The lowest BCUT2D eigenvalue weighted by atomic mass is 10.0. The monoisotopic (exact) mass is 748 g/mol. The Kier molecular flexibility index (Phi) is 41.7. The summed E-state index contributed by atoms with van der Waals surface area (Å²) in [7, 11) is 0. The molecule has 312 valence electrons. The average Bonchev–Trinajstić information content (AvgIpc) is 3.16. The first-order valence-electron chi connectivity index (χ1n) is 23.1. The summed E-state index contributed by atoms with van der Waals surface area (Å²) in [5, 5.41) is 23.0. The Balaban J connectivity index is 3.49. The third kappa shape index (κ3) is 39.8. The smallest absolute Gasteiger partial charge is 0.305 e. The molecular weight excluding hydrogens is 659 g/mol. The number of carbonyl (C=O) groups excluding carboxylic acids is 2. The third-order valence-corrected chi connectivity index (χ3v) is 10.5. The van der Waals surface area contributed by atoms with Crippen LogP contribution in [0.1, 0.15) is 239 Å². The summed E-state index contributed by atoms with van der Waals surface area (Å²) in [5.74, 6) is -0.0910. The first-order chi connectivity index (χ1) is 26.0. The molecule has 0 saturated carbocycles. The zero-order chi connectivity index (χ0) is 38.7. The molecule has 2 atom stereocenters. The molecule has 0 radical (unpaired) electrons. The van der Waals surface area contributed by atoms with Crippen molar-refractivity contribution >= 4 is 11.9 Å². The number of hydrogen-bond acceptors (Lipinski definition) is 5. The molecule has 0 aromatic rings. The van der Waals surface area contributed by atoms with Gasteiger partial charge in [0.05, 0.1) is 25.4 Å². The van der Waals surface area contributed by atoms with Crippen LogP contribution in [0, 0.1) is 0 Å². The van der Waals surface area contributed by atoms with Crippen LogP contribution in [0.2, 0.25) is 0 Å². The van der Waals surface area contributed by atoms with Gasteiger partial charge >= 0.3 is 5.97 Å². The van der Waals surface area contributed by atoms with Crippen LogP contribution in [0.15, 0.2) is 24.3 Å². The fourth-order valence-corrected chi connectivity index (χ4v) is 6.86. The van der Waals surface area contributed by atoms with Crippen molar-refractivity contribution in [3.8, 4) is 0 Å².